The molecule has 60 valence electrons. The predicted molar refractivity (Wildman–Crippen MR) is 43.2 cm³/mol. The molecule has 1 aromatic rings. The third-order valence-corrected chi connectivity index (χ3v) is 2.49. The maximum atomic E-state index is 4.15. The highest BCUT2D eigenvalue weighted by molar-refractivity contribution is 5.24. The maximum Gasteiger partial charge on any atom is 0.0540 e. The molecule has 0 radical (unpaired) electrons. The first-order chi connectivity index (χ1) is 5.27. The molecule has 0 amide bonds. The summed E-state index contributed by atoms with van der Waals surface area (Å²) in [6.07, 6.45) is 6.53. The molecule has 1 aliphatic carbocycles. The van der Waals surface area contributed by atoms with Crippen LogP contribution in [0.25, 0.3) is 0 Å². The number of aryl methyl sites for hydroxylation is 1. The fourth-order valence-electron chi connectivity index (χ4n) is 1.48. The van der Waals surface area contributed by atoms with Crippen LogP contribution in [0.5, 0.6) is 0 Å². The Balaban J connectivity index is 2.29. The first kappa shape index (κ1) is 6.85. The molecule has 1 fully saturated rings. The molecule has 1 aliphatic rings. The summed E-state index contributed by atoms with van der Waals surface area (Å²) in [6.45, 7) is 0. The van der Waals surface area contributed by atoms with Crippen molar-refractivity contribution in [1.29, 1.82) is 0 Å². The van der Waals surface area contributed by atoms with Crippen molar-refractivity contribution >= 4 is 0 Å². The van der Waals surface area contributed by atoms with Gasteiger partial charge in [0.2, 0.25) is 0 Å². The SMILES string of the molecule is CNC1(c2cnn(C)c2)CC1. The molecule has 1 saturated carbocycles. The van der Waals surface area contributed by atoms with Gasteiger partial charge in [0.1, 0.15) is 0 Å². The first-order valence-corrected chi connectivity index (χ1v) is 3.95. The molecule has 1 aromatic heterocycles. The van der Waals surface area contributed by atoms with Gasteiger partial charge in [0.15, 0.2) is 0 Å². The van der Waals surface area contributed by atoms with Crippen molar-refractivity contribution in [3.05, 3.63) is 18.0 Å². The summed E-state index contributed by atoms with van der Waals surface area (Å²) in [5, 5.41) is 7.48. The van der Waals surface area contributed by atoms with Gasteiger partial charge >= 0.3 is 0 Å². The van der Waals surface area contributed by atoms with E-state index < -0.39 is 0 Å². The Labute approximate surface area is 66.4 Å². The van der Waals surface area contributed by atoms with Crippen LogP contribution in [0.4, 0.5) is 0 Å². The third kappa shape index (κ3) is 0.959. The smallest absolute Gasteiger partial charge is 0.0540 e. The summed E-state index contributed by atoms with van der Waals surface area (Å²) in [4.78, 5) is 0. The van der Waals surface area contributed by atoms with Gasteiger partial charge in [0.25, 0.3) is 0 Å². The minimum absolute atomic E-state index is 0.272. The Kier molecular flexibility index (Phi) is 1.29. The molecule has 0 spiro atoms. The molecule has 0 aromatic carbocycles. The van der Waals surface area contributed by atoms with Crippen LogP contribution in [-0.4, -0.2) is 16.8 Å². The number of aromatic nitrogens is 2. The zero-order valence-corrected chi connectivity index (χ0v) is 6.96. The molecule has 3 heteroatoms. The van der Waals surface area contributed by atoms with Gasteiger partial charge < -0.3 is 5.32 Å². The van der Waals surface area contributed by atoms with Crippen LogP contribution < -0.4 is 5.32 Å². The van der Waals surface area contributed by atoms with Crippen LogP contribution in [0.15, 0.2) is 12.4 Å². The van der Waals surface area contributed by atoms with Gasteiger partial charge in [-0.15, -0.1) is 0 Å². The Bertz CT molecular complexity index is 260. The molecule has 11 heavy (non-hydrogen) atoms. The molecule has 0 bridgehead atoms. The van der Waals surface area contributed by atoms with Crippen molar-refractivity contribution in [3.63, 3.8) is 0 Å². The van der Waals surface area contributed by atoms with Gasteiger partial charge in [-0.05, 0) is 19.9 Å². The molecule has 1 N–H and O–H groups in total. The highest BCUT2D eigenvalue weighted by atomic mass is 15.2. The number of nitrogens with one attached hydrogen (secondary N) is 1. The average Bonchev–Trinajstić information content (AvgIpc) is 2.70. The summed E-state index contributed by atoms with van der Waals surface area (Å²) in [5.74, 6) is 0. The van der Waals surface area contributed by atoms with Gasteiger partial charge in [-0.1, -0.05) is 0 Å². The lowest BCUT2D eigenvalue weighted by Crippen LogP contribution is -2.23. The van der Waals surface area contributed by atoms with Gasteiger partial charge in [0.05, 0.1) is 6.20 Å². The normalized spacial score (nSPS) is 20.2. The molecule has 2 rings (SSSR count). The molecule has 0 atom stereocenters. The second-order valence-corrected chi connectivity index (χ2v) is 3.23. The van der Waals surface area contributed by atoms with E-state index in [-0.39, 0.29) is 5.54 Å². The molecule has 0 unspecified atom stereocenters. The average molecular weight is 151 g/mol. The monoisotopic (exact) mass is 151 g/mol. The van der Waals surface area contributed by atoms with Crippen molar-refractivity contribution in [3.8, 4) is 0 Å². The summed E-state index contributed by atoms with van der Waals surface area (Å²) < 4.78 is 1.85. The second-order valence-electron chi connectivity index (χ2n) is 3.23. The molecule has 1 heterocycles. The molecular weight excluding hydrogens is 138 g/mol. The van der Waals surface area contributed by atoms with Crippen molar-refractivity contribution < 1.29 is 0 Å². The van der Waals surface area contributed by atoms with E-state index in [0.29, 0.717) is 0 Å². The summed E-state index contributed by atoms with van der Waals surface area (Å²) in [5.41, 5.74) is 1.59. The van der Waals surface area contributed by atoms with E-state index in [0.717, 1.165) is 0 Å². The van der Waals surface area contributed by atoms with Gasteiger partial charge in [-0.2, -0.15) is 5.10 Å². The molecule has 0 aliphatic heterocycles. The van der Waals surface area contributed by atoms with Crippen LogP contribution in [0.3, 0.4) is 0 Å². The summed E-state index contributed by atoms with van der Waals surface area (Å²) in [6, 6.07) is 0. The Morgan fingerprint density at radius 1 is 1.64 bits per heavy atom. The van der Waals surface area contributed by atoms with Gasteiger partial charge in [0, 0.05) is 24.3 Å². The largest absolute Gasteiger partial charge is 0.310 e. The fourth-order valence-corrected chi connectivity index (χ4v) is 1.48. The van der Waals surface area contributed by atoms with Crippen molar-refractivity contribution in [2.45, 2.75) is 18.4 Å². The quantitative estimate of drug-likeness (QED) is 0.671. The number of hydrogen-bond acceptors (Lipinski definition) is 2. The van der Waals surface area contributed by atoms with Crippen LogP contribution in [0.1, 0.15) is 18.4 Å². The zero-order chi connectivity index (χ0) is 7.90. The predicted octanol–water partition coefficient (Wildman–Crippen LogP) is 0.629. The topological polar surface area (TPSA) is 29.9 Å². The fraction of sp³-hybridized carbons (Fsp3) is 0.625. The minimum atomic E-state index is 0.272. The van der Waals surface area contributed by atoms with E-state index in [1.807, 2.05) is 25.0 Å². The van der Waals surface area contributed by atoms with E-state index in [1.165, 1.54) is 18.4 Å². The van der Waals surface area contributed by atoms with Crippen molar-refractivity contribution in [2.75, 3.05) is 7.05 Å². The van der Waals surface area contributed by atoms with Crippen molar-refractivity contribution in [2.24, 2.45) is 7.05 Å². The van der Waals surface area contributed by atoms with Crippen LogP contribution in [0.2, 0.25) is 0 Å². The first-order valence-electron chi connectivity index (χ1n) is 3.95. The molecular formula is C8H13N3. The summed E-state index contributed by atoms with van der Waals surface area (Å²) >= 11 is 0. The third-order valence-electron chi connectivity index (χ3n) is 2.49. The molecule has 0 saturated heterocycles. The highest BCUT2D eigenvalue weighted by Gasteiger charge is 2.43. The maximum absolute atomic E-state index is 4.15. The van der Waals surface area contributed by atoms with Crippen LogP contribution >= 0.6 is 0 Å². The standard InChI is InChI=1S/C8H13N3/c1-9-8(3-4-8)7-5-10-11(2)6-7/h5-6,9H,3-4H2,1-2H3. The number of hydrogen-bond donors (Lipinski definition) is 1. The molecule has 3 nitrogen and oxygen atoms in total. The van der Waals surface area contributed by atoms with Crippen LogP contribution in [-0.2, 0) is 12.6 Å². The lowest BCUT2D eigenvalue weighted by molar-refractivity contribution is 0.585. The van der Waals surface area contributed by atoms with E-state index in [1.54, 1.807) is 0 Å². The van der Waals surface area contributed by atoms with E-state index in [4.69, 9.17) is 0 Å². The number of nitrogens with zero attached hydrogens (tertiary/aromatic N) is 2. The highest BCUT2D eigenvalue weighted by Crippen LogP contribution is 2.44. The van der Waals surface area contributed by atoms with Gasteiger partial charge in [-0.3, -0.25) is 4.68 Å². The van der Waals surface area contributed by atoms with Gasteiger partial charge in [-0.25, -0.2) is 0 Å². The van der Waals surface area contributed by atoms with E-state index >= 15 is 0 Å². The Morgan fingerprint density at radius 2 is 2.36 bits per heavy atom. The second kappa shape index (κ2) is 2.08. The zero-order valence-electron chi connectivity index (χ0n) is 6.96. The lowest BCUT2D eigenvalue weighted by atomic mass is 10.1. The lowest BCUT2D eigenvalue weighted by Gasteiger charge is -2.09. The Hall–Kier alpha value is -0.830. The van der Waals surface area contributed by atoms with E-state index in [2.05, 4.69) is 16.6 Å². The van der Waals surface area contributed by atoms with E-state index in [9.17, 15) is 0 Å². The Morgan fingerprint density at radius 3 is 2.73 bits per heavy atom. The summed E-state index contributed by atoms with van der Waals surface area (Å²) in [7, 11) is 3.97. The van der Waals surface area contributed by atoms with Crippen molar-refractivity contribution in [1.82, 2.24) is 15.1 Å². The minimum Gasteiger partial charge on any atom is -0.310 e. The van der Waals surface area contributed by atoms with Crippen LogP contribution in [0, 0.1) is 0 Å². The number of rotatable bonds is 2.